The summed E-state index contributed by atoms with van der Waals surface area (Å²) in [4.78, 5) is 2.72. The van der Waals surface area contributed by atoms with Gasteiger partial charge in [-0.3, -0.25) is 0 Å². The SMILES string of the molecule is CCc1ccc(CC2(O)CCC(N)CC2)s1. The lowest BCUT2D eigenvalue weighted by molar-refractivity contribution is 0.000897. The molecule has 3 heteroatoms. The Hall–Kier alpha value is -0.380. The number of aryl methyl sites for hydroxylation is 1. The molecule has 1 fully saturated rings. The number of nitrogens with two attached hydrogens (primary N) is 1. The van der Waals surface area contributed by atoms with E-state index in [2.05, 4.69) is 19.1 Å². The van der Waals surface area contributed by atoms with E-state index in [4.69, 9.17) is 5.73 Å². The van der Waals surface area contributed by atoms with Crippen LogP contribution in [0.2, 0.25) is 0 Å². The van der Waals surface area contributed by atoms with E-state index in [-0.39, 0.29) is 0 Å². The maximum Gasteiger partial charge on any atom is 0.0697 e. The van der Waals surface area contributed by atoms with Crippen molar-refractivity contribution in [1.29, 1.82) is 0 Å². The van der Waals surface area contributed by atoms with Crippen LogP contribution < -0.4 is 5.73 Å². The van der Waals surface area contributed by atoms with Gasteiger partial charge in [-0.05, 0) is 44.2 Å². The van der Waals surface area contributed by atoms with E-state index in [1.807, 2.05) is 11.3 Å². The number of rotatable bonds is 3. The lowest BCUT2D eigenvalue weighted by Crippen LogP contribution is -2.40. The van der Waals surface area contributed by atoms with Gasteiger partial charge >= 0.3 is 0 Å². The first kappa shape index (κ1) is 12.1. The molecule has 0 bridgehead atoms. The fourth-order valence-electron chi connectivity index (χ4n) is 2.39. The predicted octanol–water partition coefficient (Wildman–Crippen LogP) is 2.49. The maximum absolute atomic E-state index is 10.5. The molecule has 0 amide bonds. The molecule has 0 atom stereocenters. The van der Waals surface area contributed by atoms with E-state index >= 15 is 0 Å². The van der Waals surface area contributed by atoms with Crippen molar-refractivity contribution in [2.24, 2.45) is 5.73 Å². The zero-order valence-electron chi connectivity index (χ0n) is 9.91. The molecule has 1 aromatic rings. The lowest BCUT2D eigenvalue weighted by atomic mass is 9.80. The maximum atomic E-state index is 10.5. The van der Waals surface area contributed by atoms with Crippen molar-refractivity contribution in [2.45, 2.75) is 57.1 Å². The first-order valence-electron chi connectivity index (χ1n) is 6.17. The number of hydrogen-bond donors (Lipinski definition) is 2. The average Bonchev–Trinajstić information content (AvgIpc) is 2.70. The Labute approximate surface area is 101 Å². The van der Waals surface area contributed by atoms with Crippen LogP contribution in [0.15, 0.2) is 12.1 Å². The van der Waals surface area contributed by atoms with Gasteiger partial charge in [0.25, 0.3) is 0 Å². The molecule has 1 saturated carbocycles. The summed E-state index contributed by atoms with van der Waals surface area (Å²) in [5, 5.41) is 10.5. The number of hydrogen-bond acceptors (Lipinski definition) is 3. The summed E-state index contributed by atoms with van der Waals surface area (Å²) < 4.78 is 0. The summed E-state index contributed by atoms with van der Waals surface area (Å²) in [6.45, 7) is 2.17. The molecule has 0 saturated heterocycles. The van der Waals surface area contributed by atoms with E-state index in [0.29, 0.717) is 6.04 Å². The Balaban J connectivity index is 1.97. The molecule has 0 spiro atoms. The van der Waals surface area contributed by atoms with Gasteiger partial charge in [-0.25, -0.2) is 0 Å². The highest BCUT2D eigenvalue weighted by molar-refractivity contribution is 7.12. The minimum absolute atomic E-state index is 0.301. The Morgan fingerprint density at radius 2 is 2.00 bits per heavy atom. The fraction of sp³-hybridized carbons (Fsp3) is 0.692. The van der Waals surface area contributed by atoms with Crippen LogP contribution in [0.4, 0.5) is 0 Å². The van der Waals surface area contributed by atoms with Gasteiger partial charge in [-0.1, -0.05) is 6.92 Å². The molecule has 1 aromatic heterocycles. The van der Waals surface area contributed by atoms with Crippen molar-refractivity contribution in [3.8, 4) is 0 Å². The second-order valence-electron chi connectivity index (χ2n) is 4.96. The van der Waals surface area contributed by atoms with E-state index in [1.54, 1.807) is 0 Å². The minimum Gasteiger partial charge on any atom is -0.390 e. The lowest BCUT2D eigenvalue weighted by Gasteiger charge is -2.34. The van der Waals surface area contributed by atoms with E-state index < -0.39 is 5.60 Å². The van der Waals surface area contributed by atoms with Crippen molar-refractivity contribution in [3.63, 3.8) is 0 Å². The zero-order valence-corrected chi connectivity index (χ0v) is 10.7. The molecule has 0 unspecified atom stereocenters. The van der Waals surface area contributed by atoms with Crippen molar-refractivity contribution in [2.75, 3.05) is 0 Å². The smallest absolute Gasteiger partial charge is 0.0697 e. The van der Waals surface area contributed by atoms with Crippen LogP contribution in [0.5, 0.6) is 0 Å². The summed E-state index contributed by atoms with van der Waals surface area (Å²) >= 11 is 1.83. The van der Waals surface area contributed by atoms with Crippen LogP contribution in [-0.4, -0.2) is 16.7 Å². The second-order valence-corrected chi connectivity index (χ2v) is 6.21. The average molecular weight is 239 g/mol. The Kier molecular flexibility index (Phi) is 3.67. The number of aliphatic hydroxyl groups is 1. The highest BCUT2D eigenvalue weighted by Gasteiger charge is 2.32. The molecule has 0 aliphatic heterocycles. The van der Waals surface area contributed by atoms with E-state index in [0.717, 1.165) is 38.5 Å². The van der Waals surface area contributed by atoms with Crippen LogP contribution in [0.1, 0.15) is 42.4 Å². The van der Waals surface area contributed by atoms with Crippen molar-refractivity contribution in [3.05, 3.63) is 21.9 Å². The molecule has 0 radical (unpaired) electrons. The van der Waals surface area contributed by atoms with E-state index in [9.17, 15) is 5.11 Å². The quantitative estimate of drug-likeness (QED) is 0.851. The number of thiophene rings is 1. The summed E-state index contributed by atoms with van der Waals surface area (Å²) in [6, 6.07) is 4.64. The van der Waals surface area contributed by atoms with Gasteiger partial charge < -0.3 is 10.8 Å². The predicted molar refractivity (Wildman–Crippen MR) is 68.8 cm³/mol. The minimum atomic E-state index is -0.494. The summed E-state index contributed by atoms with van der Waals surface area (Å²) in [5.74, 6) is 0. The molecule has 16 heavy (non-hydrogen) atoms. The molecule has 2 nitrogen and oxygen atoms in total. The second kappa shape index (κ2) is 4.86. The highest BCUT2D eigenvalue weighted by atomic mass is 32.1. The van der Waals surface area contributed by atoms with Crippen LogP contribution in [0, 0.1) is 0 Å². The first-order chi connectivity index (χ1) is 7.61. The standard InChI is InChI=1S/C13H21NOS/c1-2-11-3-4-12(16-11)9-13(15)7-5-10(14)6-8-13/h3-4,10,15H,2,5-9,14H2,1H3. The molecule has 1 aliphatic rings. The normalized spacial score (nSPS) is 30.6. The summed E-state index contributed by atoms with van der Waals surface area (Å²) in [5.41, 5.74) is 5.37. The third-order valence-corrected chi connectivity index (χ3v) is 4.76. The monoisotopic (exact) mass is 239 g/mol. The van der Waals surface area contributed by atoms with Crippen molar-refractivity contribution in [1.82, 2.24) is 0 Å². The Morgan fingerprint density at radius 1 is 1.38 bits per heavy atom. The Morgan fingerprint density at radius 3 is 2.56 bits per heavy atom. The summed E-state index contributed by atoms with van der Waals surface area (Å²) in [7, 11) is 0. The third kappa shape index (κ3) is 2.84. The highest BCUT2D eigenvalue weighted by Crippen LogP contribution is 2.32. The zero-order chi connectivity index (χ0) is 11.6. The molecule has 1 aliphatic carbocycles. The van der Waals surface area contributed by atoms with Crippen LogP contribution in [0.3, 0.4) is 0 Å². The van der Waals surface area contributed by atoms with Crippen molar-refractivity contribution < 1.29 is 5.11 Å². The Bertz CT molecular complexity index is 339. The van der Waals surface area contributed by atoms with Gasteiger partial charge in [0.15, 0.2) is 0 Å². The molecule has 0 aromatic carbocycles. The van der Waals surface area contributed by atoms with Crippen LogP contribution in [0.25, 0.3) is 0 Å². The van der Waals surface area contributed by atoms with Gasteiger partial charge in [0.05, 0.1) is 5.60 Å². The van der Waals surface area contributed by atoms with Gasteiger partial charge in [-0.15, -0.1) is 11.3 Å². The van der Waals surface area contributed by atoms with Crippen LogP contribution >= 0.6 is 11.3 Å². The van der Waals surface area contributed by atoms with Gasteiger partial charge in [0.2, 0.25) is 0 Å². The topological polar surface area (TPSA) is 46.2 Å². The van der Waals surface area contributed by atoms with Gasteiger partial charge in [0.1, 0.15) is 0 Å². The van der Waals surface area contributed by atoms with Crippen molar-refractivity contribution >= 4 is 11.3 Å². The molecular formula is C13H21NOS. The molecule has 1 heterocycles. The molecule has 3 N–H and O–H groups in total. The molecule has 90 valence electrons. The molecular weight excluding hydrogens is 218 g/mol. The summed E-state index contributed by atoms with van der Waals surface area (Å²) in [6.07, 6.45) is 5.53. The van der Waals surface area contributed by atoms with Crippen LogP contribution in [-0.2, 0) is 12.8 Å². The first-order valence-corrected chi connectivity index (χ1v) is 6.98. The third-order valence-electron chi connectivity index (χ3n) is 3.53. The van der Waals surface area contributed by atoms with E-state index in [1.165, 1.54) is 9.75 Å². The van der Waals surface area contributed by atoms with Gasteiger partial charge in [0, 0.05) is 22.2 Å². The largest absolute Gasteiger partial charge is 0.390 e. The molecule has 2 rings (SSSR count). The van der Waals surface area contributed by atoms with Gasteiger partial charge in [-0.2, -0.15) is 0 Å². The fourth-order valence-corrected chi connectivity index (χ4v) is 3.48.